The van der Waals surface area contributed by atoms with Crippen molar-refractivity contribution in [2.24, 2.45) is 0 Å². The number of ether oxygens (including phenoxy) is 1. The highest BCUT2D eigenvalue weighted by Gasteiger charge is 2.51. The van der Waals surface area contributed by atoms with Gasteiger partial charge in [-0.25, -0.2) is 4.79 Å². The number of carbonyl (C=O) groups excluding carboxylic acids is 5. The Morgan fingerprint density at radius 1 is 1.03 bits per heavy atom. The van der Waals surface area contributed by atoms with Crippen LogP contribution in [-0.4, -0.2) is 89.3 Å². The molecule has 1 aromatic heterocycles. The molecule has 32 heavy (non-hydrogen) atoms. The fourth-order valence-electron chi connectivity index (χ4n) is 4.44. The normalized spacial score (nSPS) is 20.4. The van der Waals surface area contributed by atoms with Crippen LogP contribution in [0.2, 0.25) is 0 Å². The Hall–Kier alpha value is -2.95. The van der Waals surface area contributed by atoms with Crippen molar-refractivity contribution < 1.29 is 28.7 Å². The quantitative estimate of drug-likeness (QED) is 0.512. The third-order valence-corrected chi connectivity index (χ3v) is 7.11. The van der Waals surface area contributed by atoms with Gasteiger partial charge in [0.15, 0.2) is 6.61 Å². The number of thiophene rings is 1. The van der Waals surface area contributed by atoms with Crippen molar-refractivity contribution in [2.75, 3.05) is 39.3 Å². The van der Waals surface area contributed by atoms with Crippen LogP contribution in [0.5, 0.6) is 0 Å². The van der Waals surface area contributed by atoms with Crippen molar-refractivity contribution in [1.29, 1.82) is 0 Å². The molecule has 1 spiro atoms. The summed E-state index contributed by atoms with van der Waals surface area (Å²) in [4.78, 5) is 66.7. The van der Waals surface area contributed by atoms with Crippen LogP contribution in [-0.2, 0) is 19.1 Å². The minimum absolute atomic E-state index is 0.0529. The molecular weight excluding hydrogens is 436 g/mol. The predicted molar refractivity (Wildman–Crippen MR) is 114 cm³/mol. The van der Waals surface area contributed by atoms with Crippen molar-refractivity contribution in [3.8, 4) is 0 Å². The molecule has 1 N–H and O–H groups in total. The van der Waals surface area contributed by atoms with Gasteiger partial charge in [-0.15, -0.1) is 11.3 Å². The first-order chi connectivity index (χ1) is 15.4. The molecule has 1 aliphatic carbocycles. The topological polar surface area (TPSA) is 116 Å². The molecule has 0 atom stereocenters. The fraction of sp³-hybridized carbons (Fsp3) is 0.571. The molecule has 11 heteroatoms. The summed E-state index contributed by atoms with van der Waals surface area (Å²) in [7, 11) is 0. The van der Waals surface area contributed by atoms with Gasteiger partial charge in [0.2, 0.25) is 0 Å². The lowest BCUT2D eigenvalue weighted by Crippen LogP contribution is -2.51. The van der Waals surface area contributed by atoms with E-state index in [0.29, 0.717) is 43.9 Å². The number of imide groups is 1. The van der Waals surface area contributed by atoms with E-state index in [0.717, 1.165) is 24.2 Å². The lowest BCUT2D eigenvalue weighted by molar-refractivity contribution is -0.154. The number of rotatable bonds is 5. The Kier molecular flexibility index (Phi) is 6.45. The van der Waals surface area contributed by atoms with E-state index in [1.807, 2.05) is 11.4 Å². The second kappa shape index (κ2) is 9.27. The summed E-state index contributed by atoms with van der Waals surface area (Å²) >= 11 is 1.38. The van der Waals surface area contributed by atoms with E-state index in [-0.39, 0.29) is 11.8 Å². The first kappa shape index (κ1) is 22.3. The zero-order chi connectivity index (χ0) is 22.7. The van der Waals surface area contributed by atoms with Crippen molar-refractivity contribution in [3.05, 3.63) is 22.4 Å². The SMILES string of the molecule is O=C(CN1C(=O)NC2(CCCCC2)C1=O)OCC(=O)N1CCN(C(=O)c2cccs2)CC1. The Morgan fingerprint density at radius 2 is 1.72 bits per heavy atom. The number of hydrogen-bond donors (Lipinski definition) is 1. The molecule has 3 fully saturated rings. The van der Waals surface area contributed by atoms with Gasteiger partial charge in [-0.1, -0.05) is 25.3 Å². The van der Waals surface area contributed by atoms with Crippen LogP contribution < -0.4 is 5.32 Å². The third-order valence-electron chi connectivity index (χ3n) is 6.25. The summed E-state index contributed by atoms with van der Waals surface area (Å²) in [5.41, 5.74) is -0.897. The Balaban J connectivity index is 1.21. The maximum atomic E-state index is 12.7. The van der Waals surface area contributed by atoms with E-state index in [1.165, 1.54) is 16.2 Å². The van der Waals surface area contributed by atoms with Crippen LogP contribution in [0.4, 0.5) is 4.79 Å². The number of hydrogen-bond acceptors (Lipinski definition) is 7. The van der Waals surface area contributed by atoms with E-state index in [1.54, 1.807) is 11.0 Å². The molecule has 5 amide bonds. The molecule has 4 rings (SSSR count). The largest absolute Gasteiger partial charge is 0.454 e. The molecule has 3 heterocycles. The summed E-state index contributed by atoms with van der Waals surface area (Å²) < 4.78 is 5.04. The van der Waals surface area contributed by atoms with E-state index in [9.17, 15) is 24.0 Å². The second-order valence-electron chi connectivity index (χ2n) is 8.28. The summed E-state index contributed by atoms with van der Waals surface area (Å²) in [6, 6.07) is 3.00. The summed E-state index contributed by atoms with van der Waals surface area (Å²) in [6.45, 7) is 0.531. The van der Waals surface area contributed by atoms with E-state index < -0.39 is 36.6 Å². The molecule has 2 aliphatic heterocycles. The molecule has 0 unspecified atom stereocenters. The second-order valence-corrected chi connectivity index (χ2v) is 9.22. The predicted octanol–water partition coefficient (Wildman–Crippen LogP) is 0.830. The highest BCUT2D eigenvalue weighted by molar-refractivity contribution is 7.12. The number of esters is 1. The van der Waals surface area contributed by atoms with Crippen LogP contribution >= 0.6 is 11.3 Å². The average molecular weight is 463 g/mol. The van der Waals surface area contributed by atoms with Gasteiger partial charge in [0.1, 0.15) is 12.1 Å². The zero-order valence-corrected chi connectivity index (χ0v) is 18.5. The smallest absolute Gasteiger partial charge is 0.326 e. The lowest BCUT2D eigenvalue weighted by Gasteiger charge is -2.34. The van der Waals surface area contributed by atoms with Crippen molar-refractivity contribution >= 4 is 41.1 Å². The van der Waals surface area contributed by atoms with Gasteiger partial charge >= 0.3 is 12.0 Å². The van der Waals surface area contributed by atoms with E-state index >= 15 is 0 Å². The van der Waals surface area contributed by atoms with Crippen molar-refractivity contribution in [2.45, 2.75) is 37.6 Å². The van der Waals surface area contributed by atoms with Gasteiger partial charge in [0, 0.05) is 26.2 Å². The monoisotopic (exact) mass is 462 g/mol. The Labute approximate surface area is 189 Å². The molecule has 0 bridgehead atoms. The lowest BCUT2D eigenvalue weighted by atomic mass is 9.82. The summed E-state index contributed by atoms with van der Waals surface area (Å²) in [6.07, 6.45) is 3.87. The average Bonchev–Trinajstić information content (AvgIpc) is 3.42. The number of urea groups is 1. The molecule has 3 aliphatic rings. The molecule has 2 saturated heterocycles. The van der Waals surface area contributed by atoms with Gasteiger partial charge in [-0.05, 0) is 24.3 Å². The summed E-state index contributed by atoms with van der Waals surface area (Å²) in [5.74, 6) is -1.62. The number of piperazine rings is 1. The van der Waals surface area contributed by atoms with Gasteiger partial charge in [0.05, 0.1) is 4.88 Å². The molecule has 1 saturated carbocycles. The number of nitrogens with zero attached hydrogens (tertiary/aromatic N) is 3. The van der Waals surface area contributed by atoms with Gasteiger partial charge in [0.25, 0.3) is 17.7 Å². The molecule has 1 aromatic rings. The third kappa shape index (κ3) is 4.47. The van der Waals surface area contributed by atoms with E-state index in [4.69, 9.17) is 4.74 Å². The first-order valence-electron chi connectivity index (χ1n) is 10.8. The molecule has 10 nitrogen and oxygen atoms in total. The zero-order valence-electron chi connectivity index (χ0n) is 17.7. The van der Waals surface area contributed by atoms with Crippen LogP contribution in [0.25, 0.3) is 0 Å². The van der Waals surface area contributed by atoms with Gasteiger partial charge in [-0.2, -0.15) is 0 Å². The van der Waals surface area contributed by atoms with Crippen molar-refractivity contribution in [3.63, 3.8) is 0 Å². The van der Waals surface area contributed by atoms with Gasteiger partial charge < -0.3 is 19.9 Å². The van der Waals surface area contributed by atoms with Crippen LogP contribution in [0.3, 0.4) is 0 Å². The highest BCUT2D eigenvalue weighted by atomic mass is 32.1. The highest BCUT2D eigenvalue weighted by Crippen LogP contribution is 2.33. The number of nitrogens with one attached hydrogen (secondary N) is 1. The molecule has 0 radical (unpaired) electrons. The molecular formula is C21H26N4O6S. The minimum Gasteiger partial charge on any atom is -0.454 e. The van der Waals surface area contributed by atoms with E-state index in [2.05, 4.69) is 5.32 Å². The minimum atomic E-state index is -0.897. The number of carbonyl (C=O) groups is 5. The fourth-order valence-corrected chi connectivity index (χ4v) is 5.13. The maximum Gasteiger partial charge on any atom is 0.326 e. The number of amides is 5. The summed E-state index contributed by atoms with van der Waals surface area (Å²) in [5, 5.41) is 4.58. The Bertz CT molecular complexity index is 903. The molecule has 172 valence electrons. The van der Waals surface area contributed by atoms with Gasteiger partial charge in [-0.3, -0.25) is 24.1 Å². The Morgan fingerprint density at radius 3 is 2.38 bits per heavy atom. The molecule has 0 aromatic carbocycles. The van der Waals surface area contributed by atoms with Crippen LogP contribution in [0, 0.1) is 0 Å². The standard InChI is InChI=1S/C21H26N4O6S/c26-16(23-8-10-24(11-9-23)18(28)15-5-4-12-32-15)14-31-17(27)13-25-19(29)21(22-20(25)30)6-2-1-3-7-21/h4-5,12H,1-3,6-11,13-14H2,(H,22,30). The maximum absolute atomic E-state index is 12.7. The van der Waals surface area contributed by atoms with Crippen LogP contribution in [0.15, 0.2) is 17.5 Å². The van der Waals surface area contributed by atoms with Crippen LogP contribution in [0.1, 0.15) is 41.8 Å². The van der Waals surface area contributed by atoms with Crippen molar-refractivity contribution in [1.82, 2.24) is 20.0 Å². The first-order valence-corrected chi connectivity index (χ1v) is 11.7.